The lowest BCUT2D eigenvalue weighted by Gasteiger charge is -2.08. The maximum absolute atomic E-state index is 11.9. The maximum atomic E-state index is 11.9. The quantitative estimate of drug-likeness (QED) is 0.581. The average molecular weight is 373 g/mol. The minimum Gasteiger partial charge on any atom is -0.497 e. The van der Waals surface area contributed by atoms with Crippen LogP contribution in [0.4, 0.5) is 0 Å². The molecule has 0 saturated carbocycles. The van der Waals surface area contributed by atoms with Crippen LogP contribution in [0.15, 0.2) is 46.3 Å². The van der Waals surface area contributed by atoms with Gasteiger partial charge in [-0.25, -0.2) is 0 Å². The topological polar surface area (TPSA) is 86.5 Å². The molecule has 3 rings (SSSR count). The van der Waals surface area contributed by atoms with Crippen LogP contribution in [0, 0.1) is 0 Å². The van der Waals surface area contributed by atoms with Crippen molar-refractivity contribution < 1.29 is 18.8 Å². The molecule has 1 aromatic carbocycles. The third-order valence-corrected chi connectivity index (χ3v) is 4.38. The fourth-order valence-corrected chi connectivity index (χ4v) is 2.87. The first kappa shape index (κ1) is 17.9. The van der Waals surface area contributed by atoms with Crippen LogP contribution in [0.2, 0.25) is 0 Å². The van der Waals surface area contributed by atoms with Crippen LogP contribution in [-0.2, 0) is 11.2 Å². The van der Waals surface area contributed by atoms with E-state index in [0.717, 1.165) is 10.6 Å². The molecule has 0 spiro atoms. The van der Waals surface area contributed by atoms with Gasteiger partial charge in [0.05, 0.1) is 18.5 Å². The highest BCUT2D eigenvalue weighted by molar-refractivity contribution is 7.13. The van der Waals surface area contributed by atoms with Gasteiger partial charge in [-0.2, -0.15) is 4.98 Å². The van der Waals surface area contributed by atoms with Crippen molar-refractivity contribution >= 4 is 17.2 Å². The van der Waals surface area contributed by atoms with E-state index in [1.807, 2.05) is 35.7 Å². The SMILES string of the molecule is COc1cccc(OCCNC(=O)CCc2nc(-c3cccs3)no2)c1. The number of hydrogen-bond acceptors (Lipinski definition) is 7. The van der Waals surface area contributed by atoms with Crippen molar-refractivity contribution in [2.45, 2.75) is 12.8 Å². The molecule has 0 fully saturated rings. The van der Waals surface area contributed by atoms with E-state index in [1.54, 1.807) is 24.5 Å². The minimum atomic E-state index is -0.0879. The minimum absolute atomic E-state index is 0.0879. The highest BCUT2D eigenvalue weighted by Crippen LogP contribution is 2.21. The maximum Gasteiger partial charge on any atom is 0.227 e. The first-order valence-corrected chi connectivity index (χ1v) is 9.02. The Bertz CT molecular complexity index is 833. The number of carbonyl (C=O) groups is 1. The van der Waals surface area contributed by atoms with E-state index in [1.165, 1.54) is 0 Å². The summed E-state index contributed by atoms with van der Waals surface area (Å²) >= 11 is 1.54. The molecule has 136 valence electrons. The molecule has 1 amide bonds. The van der Waals surface area contributed by atoms with Crippen molar-refractivity contribution in [3.8, 4) is 22.2 Å². The van der Waals surface area contributed by atoms with Gasteiger partial charge in [-0.1, -0.05) is 17.3 Å². The number of benzene rings is 1. The van der Waals surface area contributed by atoms with E-state index in [4.69, 9.17) is 14.0 Å². The van der Waals surface area contributed by atoms with E-state index in [-0.39, 0.29) is 12.3 Å². The summed E-state index contributed by atoms with van der Waals surface area (Å²) in [5.74, 6) is 2.35. The molecule has 0 aliphatic heterocycles. The third-order valence-electron chi connectivity index (χ3n) is 3.51. The van der Waals surface area contributed by atoms with Crippen molar-refractivity contribution in [1.82, 2.24) is 15.5 Å². The van der Waals surface area contributed by atoms with E-state index < -0.39 is 0 Å². The monoisotopic (exact) mass is 373 g/mol. The molecule has 0 aliphatic rings. The molecule has 0 bridgehead atoms. The van der Waals surface area contributed by atoms with Crippen LogP contribution in [0.1, 0.15) is 12.3 Å². The van der Waals surface area contributed by atoms with Crippen molar-refractivity contribution in [3.05, 3.63) is 47.7 Å². The summed E-state index contributed by atoms with van der Waals surface area (Å²) in [6, 6.07) is 11.2. The Morgan fingerprint density at radius 2 is 2.15 bits per heavy atom. The van der Waals surface area contributed by atoms with Crippen LogP contribution in [0.25, 0.3) is 10.7 Å². The molecule has 8 heteroatoms. The lowest BCUT2D eigenvalue weighted by Crippen LogP contribution is -2.28. The summed E-state index contributed by atoms with van der Waals surface area (Å²) in [6.45, 7) is 0.794. The van der Waals surface area contributed by atoms with Gasteiger partial charge in [-0.3, -0.25) is 4.79 Å². The standard InChI is InChI=1S/C18H19N3O4S/c1-23-13-4-2-5-14(12-13)24-10-9-19-16(22)7-8-17-20-18(21-25-17)15-6-3-11-26-15/h2-6,11-12H,7-10H2,1H3,(H,19,22). The second kappa shape index (κ2) is 9.00. The zero-order valence-electron chi connectivity index (χ0n) is 14.3. The highest BCUT2D eigenvalue weighted by Gasteiger charge is 2.11. The molecule has 7 nitrogen and oxygen atoms in total. The van der Waals surface area contributed by atoms with Crippen LogP contribution in [0.5, 0.6) is 11.5 Å². The van der Waals surface area contributed by atoms with Gasteiger partial charge in [0.15, 0.2) is 0 Å². The van der Waals surface area contributed by atoms with Gasteiger partial charge in [0.1, 0.15) is 18.1 Å². The van der Waals surface area contributed by atoms with Crippen LogP contribution >= 0.6 is 11.3 Å². The van der Waals surface area contributed by atoms with Gasteiger partial charge in [0.25, 0.3) is 0 Å². The molecule has 0 aliphatic carbocycles. The first-order valence-electron chi connectivity index (χ1n) is 8.14. The summed E-state index contributed by atoms with van der Waals surface area (Å²) in [6.07, 6.45) is 0.687. The zero-order valence-corrected chi connectivity index (χ0v) is 15.1. The zero-order chi connectivity index (χ0) is 18.2. The fourth-order valence-electron chi connectivity index (χ4n) is 2.22. The largest absolute Gasteiger partial charge is 0.497 e. The second-order valence-electron chi connectivity index (χ2n) is 5.37. The smallest absolute Gasteiger partial charge is 0.227 e. The predicted octanol–water partition coefficient (Wildman–Crippen LogP) is 2.93. The van der Waals surface area contributed by atoms with Gasteiger partial charge in [0.2, 0.25) is 17.6 Å². The van der Waals surface area contributed by atoms with Crippen LogP contribution in [0.3, 0.4) is 0 Å². The molecular formula is C18H19N3O4S. The second-order valence-corrected chi connectivity index (χ2v) is 6.31. The molecule has 0 atom stereocenters. The molecule has 0 unspecified atom stereocenters. The van der Waals surface area contributed by atoms with E-state index in [9.17, 15) is 4.79 Å². The van der Waals surface area contributed by atoms with Crippen molar-refractivity contribution in [2.24, 2.45) is 0 Å². The number of hydrogen-bond donors (Lipinski definition) is 1. The Balaban J connectivity index is 1.35. The Morgan fingerprint density at radius 3 is 2.96 bits per heavy atom. The normalized spacial score (nSPS) is 10.5. The first-order chi connectivity index (χ1) is 12.7. The molecule has 0 saturated heterocycles. The number of aromatic nitrogens is 2. The lowest BCUT2D eigenvalue weighted by atomic mass is 10.3. The van der Waals surface area contributed by atoms with Gasteiger partial charge in [-0.05, 0) is 23.6 Å². The number of ether oxygens (including phenoxy) is 2. The summed E-state index contributed by atoms with van der Waals surface area (Å²) in [5, 5.41) is 8.68. The van der Waals surface area contributed by atoms with Gasteiger partial charge < -0.3 is 19.3 Å². The lowest BCUT2D eigenvalue weighted by molar-refractivity contribution is -0.121. The average Bonchev–Trinajstić information content (AvgIpc) is 3.35. The summed E-state index contributed by atoms with van der Waals surface area (Å²) in [5.41, 5.74) is 0. The molecule has 2 heterocycles. The number of nitrogens with zero attached hydrogens (tertiary/aromatic N) is 2. The van der Waals surface area contributed by atoms with E-state index >= 15 is 0 Å². The summed E-state index contributed by atoms with van der Waals surface area (Å²) < 4.78 is 15.9. The molecule has 2 aromatic heterocycles. The van der Waals surface area contributed by atoms with Crippen LogP contribution in [-0.4, -0.2) is 36.3 Å². The number of thiophene rings is 1. The Kier molecular flexibility index (Phi) is 6.21. The van der Waals surface area contributed by atoms with Crippen molar-refractivity contribution in [3.63, 3.8) is 0 Å². The Morgan fingerprint density at radius 1 is 1.27 bits per heavy atom. The molecular weight excluding hydrogens is 354 g/mol. The van der Waals surface area contributed by atoms with Gasteiger partial charge in [0, 0.05) is 18.9 Å². The van der Waals surface area contributed by atoms with Crippen molar-refractivity contribution in [2.75, 3.05) is 20.3 Å². The van der Waals surface area contributed by atoms with Gasteiger partial charge in [-0.15, -0.1) is 11.3 Å². The number of carbonyl (C=O) groups excluding carboxylic acids is 1. The van der Waals surface area contributed by atoms with E-state index in [2.05, 4.69) is 15.5 Å². The highest BCUT2D eigenvalue weighted by atomic mass is 32.1. The molecule has 1 N–H and O–H groups in total. The number of methoxy groups -OCH3 is 1. The third kappa shape index (κ3) is 5.06. The predicted molar refractivity (Wildman–Crippen MR) is 97.4 cm³/mol. The molecule has 26 heavy (non-hydrogen) atoms. The van der Waals surface area contributed by atoms with Gasteiger partial charge >= 0.3 is 0 Å². The number of nitrogens with one attached hydrogen (secondary N) is 1. The van der Waals surface area contributed by atoms with Crippen LogP contribution < -0.4 is 14.8 Å². The number of amides is 1. The number of aryl methyl sites for hydroxylation is 1. The van der Waals surface area contributed by atoms with Crippen molar-refractivity contribution in [1.29, 1.82) is 0 Å². The fraction of sp³-hybridized carbons (Fsp3) is 0.278. The Labute approximate surface area is 154 Å². The summed E-state index contributed by atoms with van der Waals surface area (Å²) in [4.78, 5) is 17.1. The molecule has 0 radical (unpaired) electrons. The molecule has 3 aromatic rings. The number of rotatable bonds is 9. The Hall–Kier alpha value is -2.87. The van der Waals surface area contributed by atoms with E-state index in [0.29, 0.717) is 37.0 Å². The summed E-state index contributed by atoms with van der Waals surface area (Å²) in [7, 11) is 1.60.